The quantitative estimate of drug-likeness (QED) is 0.501. The van der Waals surface area contributed by atoms with E-state index in [0.29, 0.717) is 17.4 Å². The number of nitrogens with zero attached hydrogens (tertiary/aromatic N) is 6. The summed E-state index contributed by atoms with van der Waals surface area (Å²) in [5.74, 6) is 2.83. The van der Waals surface area contributed by atoms with Gasteiger partial charge in [0, 0.05) is 38.8 Å². The molecule has 0 aliphatic carbocycles. The molecule has 0 saturated carbocycles. The number of benzene rings is 2. The summed E-state index contributed by atoms with van der Waals surface area (Å²) in [5, 5.41) is 5.29. The highest BCUT2D eigenvalue weighted by atomic mass is 16.5. The van der Waals surface area contributed by atoms with Crippen molar-refractivity contribution in [2.24, 2.45) is 7.05 Å². The summed E-state index contributed by atoms with van der Waals surface area (Å²) in [6.45, 7) is 3.23. The summed E-state index contributed by atoms with van der Waals surface area (Å²) < 4.78 is 12.6. The lowest BCUT2D eigenvalue weighted by atomic mass is 10.1. The fourth-order valence-electron chi connectivity index (χ4n) is 4.26. The van der Waals surface area contributed by atoms with Crippen LogP contribution in [0.4, 0.5) is 17.5 Å². The Morgan fingerprint density at radius 2 is 1.64 bits per heavy atom. The molecule has 1 aliphatic heterocycles. The van der Waals surface area contributed by atoms with E-state index in [4.69, 9.17) is 25.2 Å². The number of nitrogens with two attached hydrogens (primary N) is 1. The molecule has 0 amide bonds. The predicted molar refractivity (Wildman–Crippen MR) is 130 cm³/mol. The normalized spacial score (nSPS) is 14.0. The van der Waals surface area contributed by atoms with E-state index in [1.54, 1.807) is 18.9 Å². The standard InChI is InChI=1S/C24H27N7O2/c1-29-22(25)20-21(16-7-6-8-17(15-16)32-2)26-24(27-23(20)28-29)31-13-11-30(12-14-31)18-9-4-5-10-19(18)33-3/h4-10,15H,11-14,25H2,1-3H3. The van der Waals surface area contributed by atoms with Crippen LogP contribution in [0.2, 0.25) is 0 Å². The fourth-order valence-corrected chi connectivity index (χ4v) is 4.26. The molecule has 33 heavy (non-hydrogen) atoms. The molecule has 0 radical (unpaired) electrons. The van der Waals surface area contributed by atoms with Crippen molar-refractivity contribution in [1.82, 2.24) is 19.7 Å². The number of methoxy groups -OCH3 is 2. The van der Waals surface area contributed by atoms with E-state index in [0.717, 1.165) is 60.0 Å². The molecule has 3 heterocycles. The SMILES string of the molecule is COc1cccc(-c2nc(N3CCN(c4ccccc4OC)CC3)nc3nn(C)c(N)c23)c1. The number of fused-ring (bicyclic) bond motifs is 1. The van der Waals surface area contributed by atoms with Gasteiger partial charge in [0.1, 0.15) is 17.3 Å². The molecule has 1 saturated heterocycles. The van der Waals surface area contributed by atoms with Crippen LogP contribution in [-0.2, 0) is 7.05 Å². The largest absolute Gasteiger partial charge is 0.497 e. The van der Waals surface area contributed by atoms with Gasteiger partial charge in [-0.15, -0.1) is 0 Å². The van der Waals surface area contributed by atoms with Gasteiger partial charge < -0.3 is 25.0 Å². The van der Waals surface area contributed by atoms with Crippen LogP contribution < -0.4 is 25.0 Å². The summed E-state index contributed by atoms with van der Waals surface area (Å²) >= 11 is 0. The molecular weight excluding hydrogens is 418 g/mol. The smallest absolute Gasteiger partial charge is 0.228 e. The number of hydrogen-bond acceptors (Lipinski definition) is 8. The predicted octanol–water partition coefficient (Wildman–Crippen LogP) is 2.96. The first-order chi connectivity index (χ1) is 16.1. The lowest BCUT2D eigenvalue weighted by Gasteiger charge is -2.36. The molecule has 5 rings (SSSR count). The molecule has 0 bridgehead atoms. The van der Waals surface area contributed by atoms with E-state index in [2.05, 4.69) is 21.0 Å². The van der Waals surface area contributed by atoms with Crippen LogP contribution in [0.25, 0.3) is 22.3 Å². The molecular formula is C24H27N7O2. The van der Waals surface area contributed by atoms with Crippen molar-refractivity contribution in [3.8, 4) is 22.8 Å². The van der Waals surface area contributed by atoms with Crippen molar-refractivity contribution in [3.05, 3.63) is 48.5 Å². The molecule has 0 spiro atoms. The number of piperazine rings is 1. The molecule has 2 aromatic carbocycles. The van der Waals surface area contributed by atoms with Crippen LogP contribution in [0.15, 0.2) is 48.5 Å². The maximum absolute atomic E-state index is 6.34. The summed E-state index contributed by atoms with van der Waals surface area (Å²) in [7, 11) is 5.18. The van der Waals surface area contributed by atoms with Gasteiger partial charge >= 0.3 is 0 Å². The minimum atomic E-state index is 0.537. The zero-order valence-electron chi connectivity index (χ0n) is 19.0. The monoisotopic (exact) mass is 445 g/mol. The minimum absolute atomic E-state index is 0.537. The molecule has 9 heteroatoms. The number of nitrogen functional groups attached to an aromatic ring is 1. The number of anilines is 3. The Bertz CT molecular complexity index is 1300. The van der Waals surface area contributed by atoms with Crippen LogP contribution in [0.1, 0.15) is 0 Å². The molecule has 0 unspecified atom stereocenters. The average Bonchev–Trinajstić information content (AvgIpc) is 3.16. The first kappa shape index (κ1) is 20.9. The van der Waals surface area contributed by atoms with Crippen LogP contribution in [0.5, 0.6) is 11.5 Å². The second kappa shape index (κ2) is 8.50. The number of hydrogen-bond donors (Lipinski definition) is 1. The first-order valence-electron chi connectivity index (χ1n) is 10.9. The third-order valence-corrected chi connectivity index (χ3v) is 6.06. The molecule has 0 atom stereocenters. The van der Waals surface area contributed by atoms with Crippen molar-refractivity contribution in [2.45, 2.75) is 0 Å². The Hall–Kier alpha value is -4.01. The maximum atomic E-state index is 6.34. The Morgan fingerprint density at radius 1 is 0.879 bits per heavy atom. The highest BCUT2D eigenvalue weighted by Gasteiger charge is 2.24. The first-order valence-corrected chi connectivity index (χ1v) is 10.9. The topological polar surface area (TPSA) is 94.6 Å². The van der Waals surface area contributed by atoms with Gasteiger partial charge in [0.15, 0.2) is 5.65 Å². The number of aromatic nitrogens is 4. The van der Waals surface area contributed by atoms with E-state index >= 15 is 0 Å². The van der Waals surface area contributed by atoms with E-state index in [9.17, 15) is 0 Å². The van der Waals surface area contributed by atoms with Crippen molar-refractivity contribution >= 4 is 28.5 Å². The Labute approximate surface area is 192 Å². The number of aryl methyl sites for hydroxylation is 1. The number of ether oxygens (including phenoxy) is 2. The molecule has 9 nitrogen and oxygen atoms in total. The van der Waals surface area contributed by atoms with E-state index in [1.165, 1.54) is 0 Å². The summed E-state index contributed by atoms with van der Waals surface area (Å²) in [6, 6.07) is 15.9. The summed E-state index contributed by atoms with van der Waals surface area (Å²) in [5.41, 5.74) is 9.70. The van der Waals surface area contributed by atoms with E-state index in [-0.39, 0.29) is 0 Å². The maximum Gasteiger partial charge on any atom is 0.228 e. The molecule has 2 N–H and O–H groups in total. The van der Waals surface area contributed by atoms with Gasteiger partial charge in [0.05, 0.1) is 31.0 Å². The van der Waals surface area contributed by atoms with E-state index < -0.39 is 0 Å². The second-order valence-corrected chi connectivity index (χ2v) is 7.96. The van der Waals surface area contributed by atoms with Crippen molar-refractivity contribution < 1.29 is 9.47 Å². The fraction of sp³-hybridized carbons (Fsp3) is 0.292. The lowest BCUT2D eigenvalue weighted by molar-refractivity contribution is 0.413. The van der Waals surface area contributed by atoms with Gasteiger partial charge in [-0.3, -0.25) is 4.68 Å². The Morgan fingerprint density at radius 3 is 2.39 bits per heavy atom. The number of rotatable bonds is 5. The summed E-state index contributed by atoms with van der Waals surface area (Å²) in [6.07, 6.45) is 0. The van der Waals surface area contributed by atoms with E-state index in [1.807, 2.05) is 49.5 Å². The van der Waals surface area contributed by atoms with Gasteiger partial charge in [0.2, 0.25) is 5.95 Å². The average molecular weight is 446 g/mol. The van der Waals surface area contributed by atoms with Crippen LogP contribution >= 0.6 is 0 Å². The van der Waals surface area contributed by atoms with Crippen LogP contribution in [-0.4, -0.2) is 60.1 Å². The molecule has 170 valence electrons. The third kappa shape index (κ3) is 3.75. The molecule has 1 fully saturated rings. The zero-order valence-corrected chi connectivity index (χ0v) is 19.0. The van der Waals surface area contributed by atoms with Gasteiger partial charge in [0.25, 0.3) is 0 Å². The number of para-hydroxylation sites is 2. The Balaban J connectivity index is 1.49. The van der Waals surface area contributed by atoms with Crippen molar-refractivity contribution in [1.29, 1.82) is 0 Å². The third-order valence-electron chi connectivity index (χ3n) is 6.06. The van der Waals surface area contributed by atoms with Gasteiger partial charge in [-0.25, -0.2) is 4.98 Å². The van der Waals surface area contributed by atoms with Gasteiger partial charge in [-0.2, -0.15) is 10.1 Å². The zero-order chi connectivity index (χ0) is 22.9. The van der Waals surface area contributed by atoms with Crippen LogP contribution in [0.3, 0.4) is 0 Å². The molecule has 2 aromatic heterocycles. The molecule has 4 aromatic rings. The van der Waals surface area contributed by atoms with Gasteiger partial charge in [-0.05, 0) is 24.3 Å². The van der Waals surface area contributed by atoms with Crippen LogP contribution in [0, 0.1) is 0 Å². The molecule has 1 aliphatic rings. The van der Waals surface area contributed by atoms with Crippen molar-refractivity contribution in [3.63, 3.8) is 0 Å². The second-order valence-electron chi connectivity index (χ2n) is 7.96. The highest BCUT2D eigenvalue weighted by molar-refractivity contribution is 5.99. The Kier molecular flexibility index (Phi) is 5.37. The minimum Gasteiger partial charge on any atom is -0.497 e. The highest BCUT2D eigenvalue weighted by Crippen LogP contribution is 2.34. The lowest BCUT2D eigenvalue weighted by Crippen LogP contribution is -2.47. The summed E-state index contributed by atoms with van der Waals surface area (Å²) in [4.78, 5) is 14.3. The van der Waals surface area contributed by atoms with Gasteiger partial charge in [-0.1, -0.05) is 24.3 Å². The van der Waals surface area contributed by atoms with Crippen molar-refractivity contribution in [2.75, 3.05) is 55.9 Å².